The molecule has 0 rings (SSSR count). The van der Waals surface area contributed by atoms with Crippen LogP contribution in [0.3, 0.4) is 0 Å². The SMILES string of the molecule is CC(=O)CC(=O)NCCl. The lowest BCUT2D eigenvalue weighted by Gasteiger charge is -1.94. The highest BCUT2D eigenvalue weighted by Crippen LogP contribution is 1.80. The maximum atomic E-state index is 10.4. The molecule has 0 heterocycles. The fourth-order valence-corrected chi connectivity index (χ4v) is 0.512. The third-order valence-electron chi connectivity index (χ3n) is 0.673. The number of carbonyl (C=O) groups excluding carboxylic acids is 2. The summed E-state index contributed by atoms with van der Waals surface area (Å²) in [5.41, 5.74) is 0. The fraction of sp³-hybridized carbons (Fsp3) is 0.600. The number of rotatable bonds is 3. The summed E-state index contributed by atoms with van der Waals surface area (Å²) in [7, 11) is 0. The summed E-state index contributed by atoms with van der Waals surface area (Å²) in [6.07, 6.45) is -0.0767. The van der Waals surface area contributed by atoms with Crippen molar-refractivity contribution in [3.05, 3.63) is 0 Å². The van der Waals surface area contributed by atoms with Gasteiger partial charge >= 0.3 is 0 Å². The standard InChI is InChI=1S/C5H8ClNO2/c1-4(8)2-5(9)7-3-6/h2-3H2,1H3,(H,7,9). The molecule has 4 heteroatoms. The van der Waals surface area contributed by atoms with Crippen LogP contribution in [-0.4, -0.2) is 17.7 Å². The summed E-state index contributed by atoms with van der Waals surface area (Å²) in [6, 6.07) is 0.0616. The summed E-state index contributed by atoms with van der Waals surface area (Å²) in [4.78, 5) is 20.7. The number of hydrogen-bond acceptors (Lipinski definition) is 2. The quantitative estimate of drug-likeness (QED) is 0.356. The molecule has 0 saturated carbocycles. The molecule has 0 radical (unpaired) electrons. The summed E-state index contributed by atoms with van der Waals surface area (Å²) in [6.45, 7) is 1.35. The Morgan fingerprint density at radius 2 is 2.11 bits per heavy atom. The van der Waals surface area contributed by atoms with Gasteiger partial charge in [0, 0.05) is 0 Å². The number of carbonyl (C=O) groups is 2. The van der Waals surface area contributed by atoms with Crippen molar-refractivity contribution in [1.82, 2.24) is 5.32 Å². The Bertz CT molecular complexity index is 124. The van der Waals surface area contributed by atoms with E-state index in [4.69, 9.17) is 11.6 Å². The molecule has 0 bridgehead atoms. The molecule has 0 aromatic rings. The second-order valence-corrected chi connectivity index (χ2v) is 1.88. The van der Waals surface area contributed by atoms with Crippen LogP contribution in [0, 0.1) is 0 Å². The summed E-state index contributed by atoms with van der Waals surface area (Å²) in [5, 5.41) is 2.28. The molecule has 0 aliphatic rings. The zero-order chi connectivity index (χ0) is 7.28. The molecule has 0 atom stereocenters. The molecule has 0 saturated heterocycles. The van der Waals surface area contributed by atoms with Gasteiger partial charge in [0.05, 0.1) is 12.4 Å². The maximum absolute atomic E-state index is 10.4. The van der Waals surface area contributed by atoms with Crippen molar-refractivity contribution >= 4 is 23.3 Å². The Hall–Kier alpha value is -0.570. The Morgan fingerprint density at radius 3 is 2.44 bits per heavy atom. The summed E-state index contributed by atoms with van der Waals surface area (Å²) in [5.74, 6) is -0.477. The number of halogens is 1. The van der Waals surface area contributed by atoms with Gasteiger partial charge < -0.3 is 5.32 Å². The lowest BCUT2D eigenvalue weighted by atomic mass is 10.3. The molecule has 52 valence electrons. The molecule has 0 aromatic heterocycles. The monoisotopic (exact) mass is 149 g/mol. The molecular formula is C5H8ClNO2. The first kappa shape index (κ1) is 8.43. The molecule has 1 amide bonds. The fourth-order valence-electron chi connectivity index (χ4n) is 0.363. The Morgan fingerprint density at radius 1 is 1.56 bits per heavy atom. The molecule has 3 nitrogen and oxygen atoms in total. The van der Waals surface area contributed by atoms with Gasteiger partial charge in [-0.05, 0) is 6.92 Å². The van der Waals surface area contributed by atoms with Gasteiger partial charge in [0.1, 0.15) is 5.78 Å². The van der Waals surface area contributed by atoms with Gasteiger partial charge in [-0.3, -0.25) is 9.59 Å². The lowest BCUT2D eigenvalue weighted by Crippen LogP contribution is -2.23. The number of amides is 1. The first-order valence-corrected chi connectivity index (χ1v) is 3.02. The van der Waals surface area contributed by atoms with Crippen LogP contribution in [0.4, 0.5) is 0 Å². The molecule has 0 spiro atoms. The Kier molecular flexibility index (Phi) is 4.05. The van der Waals surface area contributed by atoms with Crippen LogP contribution in [0.25, 0.3) is 0 Å². The highest BCUT2D eigenvalue weighted by atomic mass is 35.5. The van der Waals surface area contributed by atoms with E-state index in [0.717, 1.165) is 0 Å². The van der Waals surface area contributed by atoms with Crippen molar-refractivity contribution in [3.8, 4) is 0 Å². The van der Waals surface area contributed by atoms with E-state index >= 15 is 0 Å². The van der Waals surface area contributed by atoms with Crippen molar-refractivity contribution in [2.75, 3.05) is 6.00 Å². The van der Waals surface area contributed by atoms with E-state index in [0.29, 0.717) is 0 Å². The lowest BCUT2D eigenvalue weighted by molar-refractivity contribution is -0.126. The van der Waals surface area contributed by atoms with Crippen molar-refractivity contribution < 1.29 is 9.59 Å². The van der Waals surface area contributed by atoms with Crippen LogP contribution < -0.4 is 5.32 Å². The molecule has 0 unspecified atom stereocenters. The smallest absolute Gasteiger partial charge is 0.228 e. The molecule has 1 N–H and O–H groups in total. The van der Waals surface area contributed by atoms with E-state index in [1.807, 2.05) is 0 Å². The van der Waals surface area contributed by atoms with Gasteiger partial charge in [-0.25, -0.2) is 0 Å². The van der Waals surface area contributed by atoms with Crippen LogP contribution in [0.15, 0.2) is 0 Å². The van der Waals surface area contributed by atoms with Crippen molar-refractivity contribution in [3.63, 3.8) is 0 Å². The number of nitrogens with one attached hydrogen (secondary N) is 1. The summed E-state index contributed by atoms with van der Waals surface area (Å²) < 4.78 is 0. The zero-order valence-corrected chi connectivity index (χ0v) is 5.86. The number of ketones is 1. The van der Waals surface area contributed by atoms with E-state index in [-0.39, 0.29) is 24.1 Å². The minimum atomic E-state index is -0.322. The first-order valence-electron chi connectivity index (χ1n) is 2.49. The van der Waals surface area contributed by atoms with Crippen molar-refractivity contribution in [2.45, 2.75) is 13.3 Å². The van der Waals surface area contributed by atoms with Gasteiger partial charge in [-0.2, -0.15) is 0 Å². The highest BCUT2D eigenvalue weighted by molar-refractivity contribution is 6.18. The Labute approximate surface area is 58.4 Å². The largest absolute Gasteiger partial charge is 0.342 e. The van der Waals surface area contributed by atoms with E-state index in [2.05, 4.69) is 5.32 Å². The molecule has 0 aliphatic carbocycles. The summed E-state index contributed by atoms with van der Waals surface area (Å²) >= 11 is 5.14. The van der Waals surface area contributed by atoms with Crippen LogP contribution >= 0.6 is 11.6 Å². The normalized spacial score (nSPS) is 8.67. The second kappa shape index (κ2) is 4.32. The second-order valence-electron chi connectivity index (χ2n) is 1.61. The molecule has 0 aromatic carbocycles. The van der Waals surface area contributed by atoms with Crippen LogP contribution in [0.2, 0.25) is 0 Å². The molecule has 0 fully saturated rings. The van der Waals surface area contributed by atoms with Crippen LogP contribution in [0.5, 0.6) is 0 Å². The van der Waals surface area contributed by atoms with Gasteiger partial charge in [-0.1, -0.05) is 0 Å². The number of alkyl halides is 1. The predicted molar refractivity (Wildman–Crippen MR) is 34.2 cm³/mol. The number of hydrogen-bond donors (Lipinski definition) is 1. The predicted octanol–water partition coefficient (Wildman–Crippen LogP) is 0.278. The molecule has 0 aliphatic heterocycles. The van der Waals surface area contributed by atoms with Gasteiger partial charge in [0.2, 0.25) is 5.91 Å². The van der Waals surface area contributed by atoms with E-state index in [1.165, 1.54) is 6.92 Å². The van der Waals surface area contributed by atoms with Crippen LogP contribution in [0.1, 0.15) is 13.3 Å². The molecule has 9 heavy (non-hydrogen) atoms. The highest BCUT2D eigenvalue weighted by Gasteiger charge is 2.01. The van der Waals surface area contributed by atoms with Gasteiger partial charge in [0.15, 0.2) is 0 Å². The van der Waals surface area contributed by atoms with Gasteiger partial charge in [-0.15, -0.1) is 11.6 Å². The zero-order valence-electron chi connectivity index (χ0n) is 5.11. The topological polar surface area (TPSA) is 46.2 Å². The van der Waals surface area contributed by atoms with Gasteiger partial charge in [0.25, 0.3) is 0 Å². The van der Waals surface area contributed by atoms with E-state index < -0.39 is 0 Å². The first-order chi connectivity index (χ1) is 4.16. The molecular weight excluding hydrogens is 142 g/mol. The average Bonchev–Trinajstić information content (AvgIpc) is 1.63. The third kappa shape index (κ3) is 5.30. The Balaban J connectivity index is 3.39. The van der Waals surface area contributed by atoms with Crippen LogP contribution in [-0.2, 0) is 9.59 Å². The van der Waals surface area contributed by atoms with E-state index in [9.17, 15) is 9.59 Å². The van der Waals surface area contributed by atoms with Crippen molar-refractivity contribution in [1.29, 1.82) is 0 Å². The van der Waals surface area contributed by atoms with Crippen molar-refractivity contribution in [2.24, 2.45) is 0 Å². The third-order valence-corrected chi connectivity index (χ3v) is 0.807. The average molecular weight is 150 g/mol. The van der Waals surface area contributed by atoms with E-state index in [1.54, 1.807) is 0 Å². The maximum Gasteiger partial charge on any atom is 0.228 e. The number of Topliss-reactive ketones (excluding diaryl/α,β-unsaturated/α-hetero) is 1. The minimum Gasteiger partial charge on any atom is -0.342 e. The minimum absolute atomic E-state index is 0.0616.